The molecular formula is C15H22N2O5S2. The maximum absolute atomic E-state index is 12.5. The molecule has 24 heavy (non-hydrogen) atoms. The van der Waals surface area contributed by atoms with E-state index >= 15 is 0 Å². The van der Waals surface area contributed by atoms with Gasteiger partial charge in [-0.25, -0.2) is 16.8 Å². The fourth-order valence-corrected chi connectivity index (χ4v) is 4.78. The van der Waals surface area contributed by atoms with Gasteiger partial charge in [0, 0.05) is 20.1 Å². The molecule has 1 heterocycles. The van der Waals surface area contributed by atoms with Crippen molar-refractivity contribution in [1.29, 1.82) is 0 Å². The third-order valence-electron chi connectivity index (χ3n) is 4.19. The normalized spacial score (nSPS) is 21.5. The van der Waals surface area contributed by atoms with Crippen molar-refractivity contribution in [2.24, 2.45) is 0 Å². The third-order valence-corrected chi connectivity index (χ3v) is 7.58. The molecule has 0 saturated carbocycles. The molecule has 0 radical (unpaired) electrons. The number of rotatable bonds is 4. The second-order valence-corrected chi connectivity index (χ2v) is 10.3. The maximum Gasteiger partial charge on any atom is 0.237 e. The Morgan fingerprint density at radius 3 is 2.46 bits per heavy atom. The SMILES string of the molecule is CN(CC(=O)N1CCC(c2ccccc2)S(=O)(=O)CC1)S(C)(=O)=O. The average Bonchev–Trinajstić information content (AvgIpc) is 2.65. The van der Waals surface area contributed by atoms with Crippen LogP contribution in [0, 0.1) is 0 Å². The minimum absolute atomic E-state index is 0.0854. The minimum Gasteiger partial charge on any atom is -0.340 e. The first kappa shape index (κ1) is 18.9. The van der Waals surface area contributed by atoms with Gasteiger partial charge in [-0.1, -0.05) is 30.3 Å². The Kier molecular flexibility index (Phi) is 5.67. The fourth-order valence-electron chi connectivity index (χ4n) is 2.64. The molecule has 9 heteroatoms. The molecule has 1 aliphatic rings. The number of benzene rings is 1. The summed E-state index contributed by atoms with van der Waals surface area (Å²) in [4.78, 5) is 13.7. The van der Waals surface area contributed by atoms with Gasteiger partial charge in [-0.3, -0.25) is 4.79 Å². The lowest BCUT2D eigenvalue weighted by atomic mass is 10.1. The number of sulfonamides is 1. The molecule has 1 fully saturated rings. The van der Waals surface area contributed by atoms with Crippen molar-refractivity contribution in [1.82, 2.24) is 9.21 Å². The van der Waals surface area contributed by atoms with E-state index in [2.05, 4.69) is 0 Å². The third kappa shape index (κ3) is 4.55. The first-order valence-corrected chi connectivity index (χ1v) is 11.1. The zero-order chi connectivity index (χ0) is 18.0. The Hall–Kier alpha value is -1.45. The number of nitrogens with zero attached hydrogens (tertiary/aromatic N) is 2. The second-order valence-electron chi connectivity index (χ2n) is 5.95. The zero-order valence-electron chi connectivity index (χ0n) is 13.8. The van der Waals surface area contributed by atoms with Gasteiger partial charge in [0.25, 0.3) is 0 Å². The molecule has 0 spiro atoms. The highest BCUT2D eigenvalue weighted by molar-refractivity contribution is 7.91. The molecule has 1 aromatic rings. The molecule has 0 aliphatic carbocycles. The van der Waals surface area contributed by atoms with Crippen molar-refractivity contribution >= 4 is 25.8 Å². The van der Waals surface area contributed by atoms with E-state index in [0.717, 1.165) is 16.1 Å². The van der Waals surface area contributed by atoms with Crippen molar-refractivity contribution in [3.05, 3.63) is 35.9 Å². The number of hydrogen-bond acceptors (Lipinski definition) is 5. The van der Waals surface area contributed by atoms with Crippen LogP contribution in [0.25, 0.3) is 0 Å². The van der Waals surface area contributed by atoms with Crippen LogP contribution in [0.5, 0.6) is 0 Å². The lowest BCUT2D eigenvalue weighted by Gasteiger charge is -2.22. The number of sulfone groups is 1. The monoisotopic (exact) mass is 374 g/mol. The van der Waals surface area contributed by atoms with Gasteiger partial charge in [0.2, 0.25) is 15.9 Å². The number of likely N-dealkylation sites (N-methyl/N-ethyl adjacent to an activating group) is 1. The Bertz CT molecular complexity index is 790. The van der Waals surface area contributed by atoms with Crippen LogP contribution in [0.3, 0.4) is 0 Å². The smallest absolute Gasteiger partial charge is 0.237 e. The largest absolute Gasteiger partial charge is 0.340 e. The van der Waals surface area contributed by atoms with Crippen LogP contribution < -0.4 is 0 Å². The van der Waals surface area contributed by atoms with Gasteiger partial charge in [0.05, 0.1) is 23.8 Å². The van der Waals surface area contributed by atoms with Gasteiger partial charge in [-0.15, -0.1) is 0 Å². The molecule has 1 aliphatic heterocycles. The molecule has 1 unspecified atom stereocenters. The van der Waals surface area contributed by atoms with Crippen LogP contribution in [0.2, 0.25) is 0 Å². The van der Waals surface area contributed by atoms with Gasteiger partial charge in [-0.2, -0.15) is 4.31 Å². The summed E-state index contributed by atoms with van der Waals surface area (Å²) >= 11 is 0. The maximum atomic E-state index is 12.5. The van der Waals surface area contributed by atoms with Gasteiger partial charge in [-0.05, 0) is 12.0 Å². The van der Waals surface area contributed by atoms with Crippen molar-refractivity contribution in [3.63, 3.8) is 0 Å². The average molecular weight is 374 g/mol. The summed E-state index contributed by atoms with van der Waals surface area (Å²) in [5.41, 5.74) is 0.722. The van der Waals surface area contributed by atoms with Crippen LogP contribution in [-0.4, -0.2) is 70.6 Å². The molecule has 1 saturated heterocycles. The van der Waals surface area contributed by atoms with Crippen molar-refractivity contribution in [2.75, 3.05) is 38.7 Å². The Morgan fingerprint density at radius 1 is 1.25 bits per heavy atom. The number of amides is 1. The lowest BCUT2D eigenvalue weighted by molar-refractivity contribution is -0.130. The van der Waals surface area contributed by atoms with E-state index < -0.39 is 25.1 Å². The molecule has 1 atom stereocenters. The highest BCUT2D eigenvalue weighted by Gasteiger charge is 2.33. The van der Waals surface area contributed by atoms with Gasteiger partial charge >= 0.3 is 0 Å². The molecule has 134 valence electrons. The minimum atomic E-state index is -3.45. The van der Waals surface area contributed by atoms with E-state index in [4.69, 9.17) is 0 Å². The molecule has 1 aromatic carbocycles. The predicted molar refractivity (Wildman–Crippen MR) is 91.6 cm³/mol. The first-order valence-electron chi connectivity index (χ1n) is 7.57. The highest BCUT2D eigenvalue weighted by atomic mass is 32.2. The number of carbonyl (C=O) groups is 1. The quantitative estimate of drug-likeness (QED) is 0.754. The Balaban J connectivity index is 2.12. The fraction of sp³-hybridized carbons (Fsp3) is 0.533. The van der Waals surface area contributed by atoms with E-state index in [1.165, 1.54) is 11.9 Å². The number of carbonyl (C=O) groups excluding carboxylic acids is 1. The van der Waals surface area contributed by atoms with E-state index in [1.54, 1.807) is 24.3 Å². The molecule has 0 aromatic heterocycles. The Labute approximate surface area is 143 Å². The first-order chi connectivity index (χ1) is 11.1. The van der Waals surface area contributed by atoms with Crippen molar-refractivity contribution < 1.29 is 21.6 Å². The van der Waals surface area contributed by atoms with Gasteiger partial charge in [0.15, 0.2) is 9.84 Å². The van der Waals surface area contributed by atoms with Crippen LogP contribution in [0.1, 0.15) is 17.2 Å². The van der Waals surface area contributed by atoms with E-state index in [0.29, 0.717) is 6.42 Å². The van der Waals surface area contributed by atoms with Crippen molar-refractivity contribution in [3.8, 4) is 0 Å². The highest BCUT2D eigenvalue weighted by Crippen LogP contribution is 2.29. The summed E-state index contributed by atoms with van der Waals surface area (Å²) in [6, 6.07) is 8.96. The topological polar surface area (TPSA) is 91.8 Å². The van der Waals surface area contributed by atoms with E-state index in [9.17, 15) is 21.6 Å². The predicted octanol–water partition coefficient (Wildman–Crippen LogP) is 0.266. The molecule has 1 amide bonds. The molecule has 7 nitrogen and oxygen atoms in total. The summed E-state index contributed by atoms with van der Waals surface area (Å²) in [7, 11) is -5.49. The number of hydrogen-bond donors (Lipinski definition) is 0. The molecule has 2 rings (SSSR count). The van der Waals surface area contributed by atoms with Gasteiger partial charge < -0.3 is 4.90 Å². The Morgan fingerprint density at radius 2 is 1.88 bits per heavy atom. The zero-order valence-corrected chi connectivity index (χ0v) is 15.4. The molecular weight excluding hydrogens is 352 g/mol. The lowest BCUT2D eigenvalue weighted by Crippen LogP contribution is -2.42. The standard InChI is InChI=1S/C15H22N2O5S2/c1-16(23(2,19)20)12-15(18)17-9-8-14(24(21,22)11-10-17)13-6-4-3-5-7-13/h3-7,14H,8-12H2,1-2H3. The van der Waals surface area contributed by atoms with Gasteiger partial charge in [0.1, 0.15) is 0 Å². The van der Waals surface area contributed by atoms with Crippen molar-refractivity contribution in [2.45, 2.75) is 11.7 Å². The van der Waals surface area contributed by atoms with E-state index in [-0.39, 0.29) is 31.3 Å². The summed E-state index contributed by atoms with van der Waals surface area (Å²) in [6.45, 7) is 0.0895. The second kappa shape index (κ2) is 7.20. The summed E-state index contributed by atoms with van der Waals surface area (Å²) in [5, 5.41) is -0.635. The summed E-state index contributed by atoms with van der Waals surface area (Å²) in [6.07, 6.45) is 1.33. The van der Waals surface area contributed by atoms with Crippen LogP contribution in [-0.2, 0) is 24.7 Å². The summed E-state index contributed by atoms with van der Waals surface area (Å²) < 4.78 is 48.8. The van der Waals surface area contributed by atoms with Crippen LogP contribution in [0.4, 0.5) is 0 Å². The van der Waals surface area contributed by atoms with E-state index in [1.807, 2.05) is 6.07 Å². The molecule has 0 bridgehead atoms. The summed E-state index contributed by atoms with van der Waals surface area (Å²) in [5.74, 6) is -0.507. The van der Waals surface area contributed by atoms with Crippen LogP contribution >= 0.6 is 0 Å². The van der Waals surface area contributed by atoms with Crippen LogP contribution in [0.15, 0.2) is 30.3 Å². The molecule has 0 N–H and O–H groups in total.